The molecule has 0 bridgehead atoms. The Bertz CT molecular complexity index is 721. The molecule has 0 fully saturated rings. The van der Waals surface area contributed by atoms with Gasteiger partial charge in [-0.05, 0) is 12.1 Å². The zero-order valence-corrected chi connectivity index (χ0v) is 10.0. The molecular weight excluding hydrogens is 277 g/mol. The maximum Gasteiger partial charge on any atom is 0.417 e. The number of rotatable bonds is 1. The number of fused-ring (bicyclic) bond motifs is 1. The highest BCUT2D eigenvalue weighted by molar-refractivity contribution is 7.16. The first-order chi connectivity index (χ1) is 9.04. The van der Waals surface area contributed by atoms with Gasteiger partial charge in [0.25, 0.3) is 0 Å². The molecule has 0 unspecified atom stereocenters. The van der Waals surface area contributed by atoms with E-state index in [1.165, 1.54) is 23.6 Å². The summed E-state index contributed by atoms with van der Waals surface area (Å²) in [5.41, 5.74) is 2.10. The number of hydrogen-bond donors (Lipinski definition) is 0. The van der Waals surface area contributed by atoms with Gasteiger partial charge in [0, 0.05) is 6.20 Å². The van der Waals surface area contributed by atoms with Crippen LogP contribution in [0.2, 0.25) is 0 Å². The summed E-state index contributed by atoms with van der Waals surface area (Å²) in [6.07, 6.45) is -2.16. The largest absolute Gasteiger partial charge is 0.417 e. The predicted molar refractivity (Wildman–Crippen MR) is 63.4 cm³/mol. The van der Waals surface area contributed by atoms with Crippen molar-refractivity contribution in [3.8, 4) is 11.4 Å². The van der Waals surface area contributed by atoms with E-state index in [0.29, 0.717) is 21.9 Å². The molecule has 0 aliphatic carbocycles. The molecule has 0 aromatic carbocycles. The fraction of sp³-hybridized carbons (Fsp3) is 0.0909. The van der Waals surface area contributed by atoms with Crippen molar-refractivity contribution in [1.82, 2.24) is 19.9 Å². The summed E-state index contributed by atoms with van der Waals surface area (Å²) in [4.78, 5) is 16.7. The van der Waals surface area contributed by atoms with E-state index in [1.54, 1.807) is 5.51 Å². The lowest BCUT2D eigenvalue weighted by Gasteiger charge is -2.06. The first-order valence-electron chi connectivity index (χ1n) is 5.14. The lowest BCUT2D eigenvalue weighted by atomic mass is 10.2. The van der Waals surface area contributed by atoms with E-state index in [-0.39, 0.29) is 0 Å². The monoisotopic (exact) mass is 282 g/mol. The summed E-state index contributed by atoms with van der Waals surface area (Å²) in [7, 11) is 0. The molecule has 19 heavy (non-hydrogen) atoms. The topological polar surface area (TPSA) is 51.6 Å². The van der Waals surface area contributed by atoms with Crippen molar-refractivity contribution >= 4 is 21.8 Å². The van der Waals surface area contributed by atoms with Crippen molar-refractivity contribution in [3.63, 3.8) is 0 Å². The quantitative estimate of drug-likeness (QED) is 0.688. The van der Waals surface area contributed by atoms with Crippen LogP contribution < -0.4 is 0 Å². The molecule has 0 atom stereocenters. The second-order valence-electron chi connectivity index (χ2n) is 3.67. The van der Waals surface area contributed by atoms with Gasteiger partial charge in [0.15, 0.2) is 10.5 Å². The van der Waals surface area contributed by atoms with Crippen molar-refractivity contribution < 1.29 is 13.2 Å². The van der Waals surface area contributed by atoms with E-state index in [9.17, 15) is 13.2 Å². The van der Waals surface area contributed by atoms with Gasteiger partial charge in [-0.1, -0.05) is 0 Å². The average Bonchev–Trinajstić information content (AvgIpc) is 2.85. The van der Waals surface area contributed by atoms with Gasteiger partial charge in [-0.15, -0.1) is 11.3 Å². The molecule has 3 aromatic heterocycles. The maximum absolute atomic E-state index is 12.4. The highest BCUT2D eigenvalue weighted by Crippen LogP contribution is 2.29. The molecule has 0 radical (unpaired) electrons. The highest BCUT2D eigenvalue weighted by Gasteiger charge is 2.30. The van der Waals surface area contributed by atoms with E-state index in [2.05, 4.69) is 19.9 Å². The van der Waals surface area contributed by atoms with Gasteiger partial charge in [-0.25, -0.2) is 15.0 Å². The maximum atomic E-state index is 12.4. The number of hydrogen-bond acceptors (Lipinski definition) is 5. The van der Waals surface area contributed by atoms with Crippen LogP contribution in [0.5, 0.6) is 0 Å². The van der Waals surface area contributed by atoms with Crippen LogP contribution in [0.4, 0.5) is 13.2 Å². The van der Waals surface area contributed by atoms with Crippen molar-refractivity contribution in [2.75, 3.05) is 0 Å². The molecule has 0 aliphatic heterocycles. The van der Waals surface area contributed by atoms with E-state index in [4.69, 9.17) is 0 Å². The summed E-state index contributed by atoms with van der Waals surface area (Å²) in [6.45, 7) is 0. The van der Waals surface area contributed by atoms with Crippen molar-refractivity contribution in [2.45, 2.75) is 6.18 Å². The first kappa shape index (κ1) is 12.0. The second kappa shape index (κ2) is 4.23. The average molecular weight is 282 g/mol. The Labute approximate surface area is 109 Å². The van der Waals surface area contributed by atoms with Crippen LogP contribution in [0.25, 0.3) is 21.9 Å². The number of aromatic nitrogens is 4. The summed E-state index contributed by atoms with van der Waals surface area (Å²) < 4.78 is 37.2. The third-order valence-electron chi connectivity index (χ3n) is 2.41. The Morgan fingerprint density at radius 2 is 1.79 bits per heavy atom. The van der Waals surface area contributed by atoms with Crippen LogP contribution in [0, 0.1) is 0 Å². The van der Waals surface area contributed by atoms with Crippen LogP contribution in [-0.2, 0) is 6.18 Å². The summed E-state index contributed by atoms with van der Waals surface area (Å²) in [5.74, 6) is 0. The number of pyridine rings is 1. The first-order valence-corrected chi connectivity index (χ1v) is 6.02. The Morgan fingerprint density at radius 1 is 0.947 bits per heavy atom. The minimum Gasteiger partial charge on any atom is -0.254 e. The molecular formula is C11H5F3N4S. The van der Waals surface area contributed by atoms with E-state index in [1.807, 2.05) is 0 Å². The van der Waals surface area contributed by atoms with Gasteiger partial charge < -0.3 is 0 Å². The number of alkyl halides is 3. The van der Waals surface area contributed by atoms with E-state index >= 15 is 0 Å². The van der Waals surface area contributed by atoms with E-state index in [0.717, 1.165) is 12.3 Å². The molecule has 0 aliphatic rings. The molecule has 96 valence electrons. The second-order valence-corrected chi connectivity index (χ2v) is 4.50. The van der Waals surface area contributed by atoms with Crippen molar-refractivity contribution in [1.29, 1.82) is 0 Å². The molecule has 8 heteroatoms. The predicted octanol–water partition coefficient (Wildman–Crippen LogP) is 3.17. The Balaban J connectivity index is 2.01. The van der Waals surface area contributed by atoms with Gasteiger partial charge in [0.1, 0.15) is 5.69 Å². The van der Waals surface area contributed by atoms with Crippen molar-refractivity contribution in [2.24, 2.45) is 0 Å². The number of halogens is 3. The molecule has 3 rings (SSSR count). The van der Waals surface area contributed by atoms with Gasteiger partial charge in [0.2, 0.25) is 0 Å². The number of thiazole rings is 1. The summed E-state index contributed by atoms with van der Waals surface area (Å²) in [6, 6.07) is 2.25. The van der Waals surface area contributed by atoms with Gasteiger partial charge in [-0.3, -0.25) is 4.98 Å². The van der Waals surface area contributed by atoms with E-state index < -0.39 is 11.7 Å². The van der Waals surface area contributed by atoms with Gasteiger partial charge >= 0.3 is 6.18 Å². The lowest BCUT2D eigenvalue weighted by molar-refractivity contribution is -0.137. The molecule has 0 N–H and O–H groups in total. The van der Waals surface area contributed by atoms with Gasteiger partial charge in [-0.2, -0.15) is 13.2 Å². The van der Waals surface area contributed by atoms with Crippen molar-refractivity contribution in [3.05, 3.63) is 35.6 Å². The minimum absolute atomic E-state index is 0.343. The molecule has 0 amide bonds. The van der Waals surface area contributed by atoms with Crippen LogP contribution in [-0.4, -0.2) is 19.9 Å². The van der Waals surface area contributed by atoms with Crippen LogP contribution >= 0.6 is 11.3 Å². The van der Waals surface area contributed by atoms with Crippen LogP contribution in [0.1, 0.15) is 5.56 Å². The molecule has 0 spiro atoms. The fourth-order valence-electron chi connectivity index (χ4n) is 1.50. The van der Waals surface area contributed by atoms with Crippen LogP contribution in [0.3, 0.4) is 0 Å². The zero-order valence-electron chi connectivity index (χ0n) is 9.22. The Morgan fingerprint density at radius 3 is 2.47 bits per heavy atom. The normalized spacial score (nSPS) is 11.9. The smallest absolute Gasteiger partial charge is 0.254 e. The molecule has 3 heterocycles. The standard InChI is InChI=1S/C11H5F3N4S/c12-11(13,14)6-1-2-7(15-3-6)8-4-16-9-10(18-8)19-5-17-9/h1-5H. The summed E-state index contributed by atoms with van der Waals surface area (Å²) in [5, 5.41) is 0. The molecule has 0 saturated heterocycles. The lowest BCUT2D eigenvalue weighted by Crippen LogP contribution is -2.05. The van der Waals surface area contributed by atoms with Gasteiger partial charge in [0.05, 0.1) is 23.0 Å². The Kier molecular flexibility index (Phi) is 2.67. The third-order valence-corrected chi connectivity index (χ3v) is 3.12. The fourth-order valence-corrected chi connectivity index (χ4v) is 2.11. The summed E-state index contributed by atoms with van der Waals surface area (Å²) >= 11 is 1.31. The Hall–Kier alpha value is -2.09. The highest BCUT2D eigenvalue weighted by atomic mass is 32.1. The zero-order chi connectivity index (χ0) is 13.5. The minimum atomic E-state index is -4.39. The third kappa shape index (κ3) is 2.26. The number of nitrogens with zero attached hydrogens (tertiary/aromatic N) is 4. The van der Waals surface area contributed by atoms with Crippen LogP contribution in [0.15, 0.2) is 30.0 Å². The molecule has 0 saturated carbocycles. The molecule has 4 nitrogen and oxygen atoms in total. The SMILES string of the molecule is FC(F)(F)c1ccc(-c2cnc3ncsc3n2)nc1. The molecule has 3 aromatic rings.